The number of amides is 1. The summed E-state index contributed by atoms with van der Waals surface area (Å²) >= 11 is 1.30. The first-order chi connectivity index (χ1) is 12.2. The molecule has 0 spiro atoms. The molecule has 25 heavy (non-hydrogen) atoms. The third-order valence-electron chi connectivity index (χ3n) is 3.91. The van der Waals surface area contributed by atoms with Crippen molar-refractivity contribution in [3.8, 4) is 0 Å². The number of hydrogen-bond acceptors (Lipinski definition) is 7. The van der Waals surface area contributed by atoms with E-state index in [1.54, 1.807) is 24.7 Å². The summed E-state index contributed by atoms with van der Waals surface area (Å²) in [4.78, 5) is 26.8. The Hall–Kier alpha value is -2.19. The Morgan fingerprint density at radius 3 is 2.88 bits per heavy atom. The van der Waals surface area contributed by atoms with E-state index >= 15 is 0 Å². The Kier molecular flexibility index (Phi) is 6.19. The zero-order valence-electron chi connectivity index (χ0n) is 13.8. The molecule has 8 heteroatoms. The lowest BCUT2D eigenvalue weighted by molar-refractivity contribution is -0.118. The van der Waals surface area contributed by atoms with Crippen LogP contribution in [0.5, 0.6) is 0 Å². The van der Waals surface area contributed by atoms with Gasteiger partial charge in [0, 0.05) is 43.8 Å². The predicted octanol–water partition coefficient (Wildman–Crippen LogP) is 1.24. The minimum Gasteiger partial charge on any atom is -0.391 e. The van der Waals surface area contributed by atoms with Crippen molar-refractivity contribution in [3.05, 3.63) is 42.4 Å². The van der Waals surface area contributed by atoms with E-state index in [1.807, 2.05) is 12.1 Å². The number of carbonyl (C=O) groups excluding carboxylic acids is 1. The molecule has 1 aliphatic heterocycles. The Bertz CT molecular complexity index is 700. The highest BCUT2D eigenvalue weighted by Gasteiger charge is 2.21. The van der Waals surface area contributed by atoms with Crippen molar-refractivity contribution in [2.24, 2.45) is 0 Å². The van der Waals surface area contributed by atoms with Crippen LogP contribution in [-0.4, -0.2) is 50.9 Å². The number of carbonyl (C=O) groups is 1. The fourth-order valence-electron chi connectivity index (χ4n) is 2.73. The number of anilines is 1. The van der Waals surface area contributed by atoms with Gasteiger partial charge in [0.2, 0.25) is 5.91 Å². The second-order valence-corrected chi connectivity index (χ2v) is 6.77. The zero-order valence-corrected chi connectivity index (χ0v) is 14.7. The average molecular weight is 359 g/mol. The Labute approximate surface area is 150 Å². The van der Waals surface area contributed by atoms with E-state index in [2.05, 4.69) is 25.2 Å². The summed E-state index contributed by atoms with van der Waals surface area (Å²) in [5.74, 6) is 1.02. The van der Waals surface area contributed by atoms with Crippen LogP contribution in [0.1, 0.15) is 18.4 Å². The topological polar surface area (TPSA) is 91.2 Å². The average Bonchev–Trinajstić information content (AvgIpc) is 2.66. The molecule has 0 bridgehead atoms. The largest absolute Gasteiger partial charge is 0.391 e. The summed E-state index contributed by atoms with van der Waals surface area (Å²) in [5.41, 5.74) is 0.950. The van der Waals surface area contributed by atoms with Crippen molar-refractivity contribution in [1.82, 2.24) is 20.3 Å². The molecule has 0 aliphatic carbocycles. The second-order valence-electron chi connectivity index (χ2n) is 5.82. The highest BCUT2D eigenvalue weighted by molar-refractivity contribution is 7.99. The first kappa shape index (κ1) is 17.6. The van der Waals surface area contributed by atoms with Gasteiger partial charge in [-0.15, -0.1) is 0 Å². The fraction of sp³-hybridized carbons (Fsp3) is 0.412. The Balaban J connectivity index is 1.55. The SMILES string of the molecule is O=C(CSc1ncccn1)NCc1cccnc1N1CCC[C@H](O)C1. The first-order valence-corrected chi connectivity index (χ1v) is 9.24. The summed E-state index contributed by atoms with van der Waals surface area (Å²) in [7, 11) is 0. The van der Waals surface area contributed by atoms with Crippen LogP contribution in [0, 0.1) is 0 Å². The lowest BCUT2D eigenvalue weighted by Gasteiger charge is -2.32. The van der Waals surface area contributed by atoms with Crippen LogP contribution in [0.3, 0.4) is 0 Å². The van der Waals surface area contributed by atoms with Crippen molar-refractivity contribution in [2.75, 3.05) is 23.7 Å². The molecule has 2 N–H and O–H groups in total. The summed E-state index contributed by atoms with van der Waals surface area (Å²) in [6.07, 6.45) is 6.50. The van der Waals surface area contributed by atoms with Gasteiger partial charge >= 0.3 is 0 Å². The molecule has 0 unspecified atom stereocenters. The van der Waals surface area contributed by atoms with Crippen molar-refractivity contribution >= 4 is 23.5 Å². The minimum atomic E-state index is -0.319. The van der Waals surface area contributed by atoms with Crippen LogP contribution in [0.4, 0.5) is 5.82 Å². The third kappa shape index (κ3) is 5.14. The number of thioether (sulfide) groups is 1. The summed E-state index contributed by atoms with van der Waals surface area (Å²) in [5, 5.41) is 13.4. The Morgan fingerprint density at radius 1 is 1.28 bits per heavy atom. The molecular weight excluding hydrogens is 338 g/mol. The number of aliphatic hydroxyl groups is 1. The van der Waals surface area contributed by atoms with E-state index in [9.17, 15) is 9.90 Å². The molecule has 7 nitrogen and oxygen atoms in total. The minimum absolute atomic E-state index is 0.0778. The molecule has 1 atom stereocenters. The summed E-state index contributed by atoms with van der Waals surface area (Å²) in [6, 6.07) is 5.56. The molecule has 1 aliphatic rings. The quantitative estimate of drug-likeness (QED) is 0.592. The van der Waals surface area contributed by atoms with Crippen LogP contribution in [0.25, 0.3) is 0 Å². The standard InChI is InChI=1S/C17H21N5O2S/c23-14-5-2-9-22(11-14)16-13(4-1-6-18-16)10-21-15(24)12-25-17-19-7-3-8-20-17/h1,3-4,6-8,14,23H,2,5,9-12H2,(H,21,24)/t14-/m0/s1. The third-order valence-corrected chi connectivity index (χ3v) is 4.79. The number of aliphatic hydroxyl groups excluding tert-OH is 1. The van der Waals surface area contributed by atoms with Crippen molar-refractivity contribution in [1.29, 1.82) is 0 Å². The number of piperidine rings is 1. The van der Waals surface area contributed by atoms with Gasteiger partial charge in [0.05, 0.1) is 11.9 Å². The van der Waals surface area contributed by atoms with Gasteiger partial charge in [-0.05, 0) is 25.0 Å². The second kappa shape index (κ2) is 8.77. The van der Waals surface area contributed by atoms with Gasteiger partial charge in [-0.1, -0.05) is 17.8 Å². The highest BCUT2D eigenvalue weighted by atomic mass is 32.2. The number of nitrogens with zero attached hydrogens (tertiary/aromatic N) is 4. The van der Waals surface area contributed by atoms with Gasteiger partial charge in [-0.3, -0.25) is 4.79 Å². The maximum absolute atomic E-state index is 12.1. The molecule has 132 valence electrons. The number of pyridine rings is 1. The van der Waals surface area contributed by atoms with Crippen LogP contribution >= 0.6 is 11.8 Å². The van der Waals surface area contributed by atoms with Gasteiger partial charge in [-0.25, -0.2) is 15.0 Å². The zero-order chi connectivity index (χ0) is 17.5. The maximum Gasteiger partial charge on any atom is 0.230 e. The monoisotopic (exact) mass is 359 g/mol. The van der Waals surface area contributed by atoms with Gasteiger partial charge in [0.15, 0.2) is 5.16 Å². The van der Waals surface area contributed by atoms with Gasteiger partial charge in [-0.2, -0.15) is 0 Å². The molecule has 1 fully saturated rings. The lowest BCUT2D eigenvalue weighted by Crippen LogP contribution is -2.39. The molecule has 0 saturated carbocycles. The molecule has 1 amide bonds. The molecule has 1 saturated heterocycles. The van der Waals surface area contributed by atoms with Crippen LogP contribution in [0.2, 0.25) is 0 Å². The van der Waals surface area contributed by atoms with Crippen LogP contribution in [0.15, 0.2) is 41.9 Å². The van der Waals surface area contributed by atoms with E-state index in [1.165, 1.54) is 11.8 Å². The Morgan fingerprint density at radius 2 is 2.08 bits per heavy atom. The van der Waals surface area contributed by atoms with Crippen LogP contribution in [-0.2, 0) is 11.3 Å². The molecule has 3 heterocycles. The maximum atomic E-state index is 12.1. The van der Waals surface area contributed by atoms with Crippen LogP contribution < -0.4 is 10.2 Å². The van der Waals surface area contributed by atoms with Gasteiger partial charge in [0.25, 0.3) is 0 Å². The molecule has 0 radical (unpaired) electrons. The molecule has 3 rings (SSSR count). The van der Waals surface area contributed by atoms with E-state index in [0.717, 1.165) is 30.8 Å². The highest BCUT2D eigenvalue weighted by Crippen LogP contribution is 2.21. The van der Waals surface area contributed by atoms with Crippen molar-refractivity contribution in [3.63, 3.8) is 0 Å². The predicted molar refractivity (Wildman–Crippen MR) is 96.3 cm³/mol. The van der Waals surface area contributed by atoms with E-state index in [-0.39, 0.29) is 17.8 Å². The normalized spacial score (nSPS) is 17.3. The number of hydrogen-bond donors (Lipinski definition) is 2. The molecule has 2 aromatic heterocycles. The van der Waals surface area contributed by atoms with Crippen molar-refractivity contribution < 1.29 is 9.90 Å². The number of nitrogens with one attached hydrogen (secondary N) is 1. The smallest absolute Gasteiger partial charge is 0.230 e. The van der Waals surface area contributed by atoms with E-state index < -0.39 is 0 Å². The summed E-state index contributed by atoms with van der Waals surface area (Å²) < 4.78 is 0. The number of rotatable bonds is 6. The molecule has 0 aromatic carbocycles. The first-order valence-electron chi connectivity index (χ1n) is 8.26. The van der Waals surface area contributed by atoms with E-state index in [4.69, 9.17) is 0 Å². The number of β-amino-alcohol motifs (C(OH)–C–C–N with tert-alkyl or cyclic N) is 1. The fourth-order valence-corrected chi connectivity index (χ4v) is 3.37. The lowest BCUT2D eigenvalue weighted by atomic mass is 10.1. The van der Waals surface area contributed by atoms with Gasteiger partial charge < -0.3 is 15.3 Å². The molecule has 2 aromatic rings. The number of aromatic nitrogens is 3. The van der Waals surface area contributed by atoms with Gasteiger partial charge in [0.1, 0.15) is 5.82 Å². The molecular formula is C17H21N5O2S. The van der Waals surface area contributed by atoms with Crippen molar-refractivity contribution in [2.45, 2.75) is 30.6 Å². The summed E-state index contributed by atoms with van der Waals surface area (Å²) in [6.45, 7) is 1.86. The van der Waals surface area contributed by atoms with E-state index in [0.29, 0.717) is 18.2 Å².